The summed E-state index contributed by atoms with van der Waals surface area (Å²) in [5.74, 6) is 0.327. The molecular weight excluding hydrogens is 246 g/mol. The van der Waals surface area contributed by atoms with Crippen molar-refractivity contribution in [1.82, 2.24) is 5.32 Å². The van der Waals surface area contributed by atoms with Gasteiger partial charge in [0.25, 0.3) is 0 Å². The van der Waals surface area contributed by atoms with Gasteiger partial charge < -0.3 is 5.32 Å². The number of unbranched alkanes of at least 4 members (excludes halogenated alkanes) is 6. The molecule has 0 aliphatic heterocycles. The normalized spacial score (nSPS) is 15.3. The fourth-order valence-electron chi connectivity index (χ4n) is 2.82. The zero-order valence-corrected chi connectivity index (χ0v) is 14.0. The topological polar surface area (TPSA) is 29.1 Å². The van der Waals surface area contributed by atoms with Crippen LogP contribution in [0.4, 0.5) is 0 Å². The van der Waals surface area contributed by atoms with Gasteiger partial charge in [-0.1, -0.05) is 72.1 Å². The summed E-state index contributed by atoms with van der Waals surface area (Å²) in [5.41, 5.74) is -0.121. The molecule has 0 aromatic rings. The van der Waals surface area contributed by atoms with Gasteiger partial charge in [0.05, 0.1) is 0 Å². The molecule has 1 N–H and O–H groups in total. The van der Waals surface area contributed by atoms with Gasteiger partial charge in [-0.25, -0.2) is 0 Å². The van der Waals surface area contributed by atoms with Gasteiger partial charge in [-0.15, -0.1) is 0 Å². The number of carbonyl (C=O) groups excluding carboxylic acids is 1. The number of carbonyl (C=O) groups is 1. The van der Waals surface area contributed by atoms with Gasteiger partial charge in [0, 0.05) is 11.5 Å². The van der Waals surface area contributed by atoms with Crippen LogP contribution in [0.2, 0.25) is 0 Å². The lowest BCUT2D eigenvalue weighted by atomic mass is 9.78. The molecule has 1 saturated carbocycles. The summed E-state index contributed by atoms with van der Waals surface area (Å²) < 4.78 is 0. The number of hydrogen-bond donors (Lipinski definition) is 1. The molecule has 0 saturated heterocycles. The van der Waals surface area contributed by atoms with E-state index in [4.69, 9.17) is 0 Å². The maximum absolute atomic E-state index is 12.5. The zero-order chi connectivity index (χ0) is 14.8. The van der Waals surface area contributed by atoms with Crippen LogP contribution in [0, 0.1) is 5.41 Å². The van der Waals surface area contributed by atoms with Crippen molar-refractivity contribution < 1.29 is 4.79 Å². The highest BCUT2D eigenvalue weighted by Crippen LogP contribution is 2.33. The van der Waals surface area contributed by atoms with Crippen molar-refractivity contribution in [3.8, 4) is 0 Å². The van der Waals surface area contributed by atoms with Crippen LogP contribution in [0.15, 0.2) is 0 Å². The van der Waals surface area contributed by atoms with Crippen molar-refractivity contribution in [3.63, 3.8) is 0 Å². The van der Waals surface area contributed by atoms with Crippen LogP contribution in [0.5, 0.6) is 0 Å². The first kappa shape index (κ1) is 17.5. The average Bonchev–Trinajstić information content (AvgIpc) is 3.24. The molecule has 0 unspecified atom stereocenters. The predicted octanol–water partition coefficient (Wildman–Crippen LogP) is 5.21. The fraction of sp³-hybridized carbons (Fsp3) is 0.944. The lowest BCUT2D eigenvalue weighted by molar-refractivity contribution is -0.131. The zero-order valence-electron chi connectivity index (χ0n) is 14.0. The Morgan fingerprint density at radius 1 is 0.950 bits per heavy atom. The Labute approximate surface area is 126 Å². The summed E-state index contributed by atoms with van der Waals surface area (Å²) in [7, 11) is 0. The van der Waals surface area contributed by atoms with E-state index in [0.29, 0.717) is 11.9 Å². The molecule has 0 spiro atoms. The minimum Gasteiger partial charge on any atom is -0.353 e. The van der Waals surface area contributed by atoms with Crippen molar-refractivity contribution in [2.75, 3.05) is 0 Å². The summed E-state index contributed by atoms with van der Waals surface area (Å²) in [4.78, 5) is 12.5. The first-order chi connectivity index (χ1) is 9.62. The van der Waals surface area contributed by atoms with Crippen molar-refractivity contribution in [3.05, 3.63) is 0 Å². The highest BCUT2D eigenvalue weighted by atomic mass is 16.2. The summed E-state index contributed by atoms with van der Waals surface area (Å²) in [6.07, 6.45) is 14.6. The second-order valence-corrected chi connectivity index (χ2v) is 6.93. The summed E-state index contributed by atoms with van der Waals surface area (Å²) in [6, 6.07) is 0.494. The molecule has 0 aromatic carbocycles. The molecule has 0 atom stereocenters. The molecular formula is C18H35NO. The van der Waals surface area contributed by atoms with Crippen LogP contribution >= 0.6 is 0 Å². The molecule has 1 aliphatic rings. The van der Waals surface area contributed by atoms with E-state index in [1.807, 2.05) is 0 Å². The molecule has 1 aliphatic carbocycles. The third kappa shape index (κ3) is 6.76. The molecule has 2 nitrogen and oxygen atoms in total. The Morgan fingerprint density at radius 3 is 1.85 bits per heavy atom. The van der Waals surface area contributed by atoms with Gasteiger partial charge in [0.2, 0.25) is 5.91 Å². The summed E-state index contributed by atoms with van der Waals surface area (Å²) in [6.45, 7) is 6.68. The monoisotopic (exact) mass is 281 g/mol. The average molecular weight is 281 g/mol. The van der Waals surface area contributed by atoms with Gasteiger partial charge in [-0.05, 0) is 25.7 Å². The van der Waals surface area contributed by atoms with Crippen LogP contribution in [0.3, 0.4) is 0 Å². The number of rotatable bonds is 12. The molecule has 2 heteroatoms. The molecule has 0 bridgehead atoms. The van der Waals surface area contributed by atoms with E-state index < -0.39 is 0 Å². The van der Waals surface area contributed by atoms with Crippen LogP contribution in [0.25, 0.3) is 0 Å². The number of nitrogens with one attached hydrogen (secondary N) is 1. The smallest absolute Gasteiger partial charge is 0.226 e. The minimum atomic E-state index is -0.121. The van der Waals surface area contributed by atoms with E-state index in [-0.39, 0.29) is 5.41 Å². The van der Waals surface area contributed by atoms with Crippen LogP contribution in [-0.4, -0.2) is 11.9 Å². The van der Waals surface area contributed by atoms with E-state index in [1.165, 1.54) is 64.2 Å². The lowest BCUT2D eigenvalue weighted by Crippen LogP contribution is -2.40. The standard InChI is InChI=1S/C18H35NO/c1-4-6-8-10-14-18(3,15-11-9-7-5-2)17(20)19-16-12-13-16/h16H,4-15H2,1-3H3,(H,19,20). The fourth-order valence-corrected chi connectivity index (χ4v) is 2.82. The lowest BCUT2D eigenvalue weighted by Gasteiger charge is -2.28. The quantitative estimate of drug-likeness (QED) is 0.489. The van der Waals surface area contributed by atoms with E-state index >= 15 is 0 Å². The van der Waals surface area contributed by atoms with Crippen molar-refractivity contribution >= 4 is 5.91 Å². The van der Waals surface area contributed by atoms with Gasteiger partial charge in [0.15, 0.2) is 0 Å². The first-order valence-electron chi connectivity index (χ1n) is 8.93. The van der Waals surface area contributed by atoms with E-state index in [2.05, 4.69) is 26.1 Å². The molecule has 20 heavy (non-hydrogen) atoms. The van der Waals surface area contributed by atoms with Crippen LogP contribution in [0.1, 0.15) is 97.8 Å². The third-order valence-corrected chi connectivity index (χ3v) is 4.62. The molecule has 118 valence electrons. The number of amides is 1. The van der Waals surface area contributed by atoms with Crippen LogP contribution in [-0.2, 0) is 4.79 Å². The van der Waals surface area contributed by atoms with Gasteiger partial charge in [0.1, 0.15) is 0 Å². The van der Waals surface area contributed by atoms with E-state index in [1.54, 1.807) is 0 Å². The third-order valence-electron chi connectivity index (χ3n) is 4.62. The highest BCUT2D eigenvalue weighted by molar-refractivity contribution is 5.82. The molecule has 1 amide bonds. The minimum absolute atomic E-state index is 0.121. The van der Waals surface area contributed by atoms with Gasteiger partial charge >= 0.3 is 0 Å². The second-order valence-electron chi connectivity index (χ2n) is 6.93. The Hall–Kier alpha value is -0.530. The maximum atomic E-state index is 12.5. The van der Waals surface area contributed by atoms with Crippen molar-refractivity contribution in [1.29, 1.82) is 0 Å². The van der Waals surface area contributed by atoms with Crippen molar-refractivity contribution in [2.45, 2.75) is 104 Å². The molecule has 1 rings (SSSR count). The Morgan fingerprint density at radius 2 is 1.45 bits per heavy atom. The van der Waals surface area contributed by atoms with E-state index in [0.717, 1.165) is 12.8 Å². The van der Waals surface area contributed by atoms with Gasteiger partial charge in [-0.2, -0.15) is 0 Å². The van der Waals surface area contributed by atoms with E-state index in [9.17, 15) is 4.79 Å². The highest BCUT2D eigenvalue weighted by Gasteiger charge is 2.35. The SMILES string of the molecule is CCCCCCC(C)(CCCCCC)C(=O)NC1CC1. The Balaban J connectivity index is 2.39. The van der Waals surface area contributed by atoms with Crippen molar-refractivity contribution in [2.24, 2.45) is 5.41 Å². The molecule has 0 aromatic heterocycles. The maximum Gasteiger partial charge on any atom is 0.226 e. The Bertz CT molecular complexity index is 259. The molecule has 0 heterocycles. The number of hydrogen-bond acceptors (Lipinski definition) is 1. The summed E-state index contributed by atoms with van der Waals surface area (Å²) >= 11 is 0. The van der Waals surface area contributed by atoms with Crippen LogP contribution < -0.4 is 5.32 Å². The molecule has 1 fully saturated rings. The molecule has 0 radical (unpaired) electrons. The Kier molecular flexibility index (Phi) is 8.25. The first-order valence-corrected chi connectivity index (χ1v) is 8.93. The van der Waals surface area contributed by atoms with Gasteiger partial charge in [-0.3, -0.25) is 4.79 Å². The summed E-state index contributed by atoms with van der Waals surface area (Å²) in [5, 5.41) is 3.24. The largest absolute Gasteiger partial charge is 0.353 e. The second kappa shape index (κ2) is 9.41. The predicted molar refractivity (Wildman–Crippen MR) is 86.8 cm³/mol.